The molecular weight excluding hydrogens is 504 g/mol. The van der Waals surface area contributed by atoms with Crippen molar-refractivity contribution in [2.75, 3.05) is 6.26 Å². The van der Waals surface area contributed by atoms with Gasteiger partial charge in [0.1, 0.15) is 0 Å². The van der Waals surface area contributed by atoms with Gasteiger partial charge in [-0.3, -0.25) is 0 Å². The van der Waals surface area contributed by atoms with E-state index in [4.69, 9.17) is 4.74 Å². The van der Waals surface area contributed by atoms with Crippen LogP contribution < -0.4 is 5.32 Å². The molecule has 8 nitrogen and oxygen atoms in total. The smallest absolute Gasteiger partial charge is 0.372 e. The van der Waals surface area contributed by atoms with Crippen LogP contribution in [0.15, 0.2) is 18.2 Å². The number of hydrogen-bond donors (Lipinski definition) is 1. The molecule has 0 amide bonds. The van der Waals surface area contributed by atoms with Crippen LogP contribution in [0, 0.1) is 0 Å². The third-order valence-corrected chi connectivity index (χ3v) is 7.04. The van der Waals surface area contributed by atoms with Crippen LogP contribution in [0.4, 0.5) is 26.3 Å². The number of sulfone groups is 1. The Kier molecular flexibility index (Phi) is 6.41. The van der Waals surface area contributed by atoms with E-state index in [9.17, 15) is 34.8 Å². The average Bonchev–Trinajstić information content (AvgIpc) is 3.26. The predicted molar refractivity (Wildman–Crippen MR) is 110 cm³/mol. The molecule has 4 atom stereocenters. The van der Waals surface area contributed by atoms with Gasteiger partial charge in [0.2, 0.25) is 0 Å². The van der Waals surface area contributed by atoms with Gasteiger partial charge in [-0.25, -0.2) is 8.42 Å². The van der Waals surface area contributed by atoms with Crippen molar-refractivity contribution in [2.24, 2.45) is 0 Å². The lowest BCUT2D eigenvalue weighted by Crippen LogP contribution is -2.54. The van der Waals surface area contributed by atoms with Crippen LogP contribution in [0.1, 0.15) is 54.6 Å². The maximum absolute atomic E-state index is 13.1. The molecular formula is C20H23F6N5O3S. The molecule has 0 spiro atoms. The second-order valence-corrected chi connectivity index (χ2v) is 11.5. The summed E-state index contributed by atoms with van der Waals surface area (Å²) in [6, 6.07) is 1.36. The van der Waals surface area contributed by atoms with Crippen LogP contribution in [0.5, 0.6) is 0 Å². The van der Waals surface area contributed by atoms with Crippen molar-refractivity contribution in [1.29, 1.82) is 0 Å². The van der Waals surface area contributed by atoms with Gasteiger partial charge in [-0.15, -0.1) is 15.0 Å². The quantitative estimate of drug-likeness (QED) is 0.576. The van der Waals surface area contributed by atoms with E-state index in [2.05, 4.69) is 20.7 Å². The molecule has 2 aromatic rings. The van der Waals surface area contributed by atoms with E-state index in [1.54, 1.807) is 0 Å². The Hall–Kier alpha value is -2.26. The van der Waals surface area contributed by atoms with Crippen molar-refractivity contribution in [3.05, 3.63) is 40.7 Å². The first-order chi connectivity index (χ1) is 16.0. The first-order valence-corrected chi connectivity index (χ1v) is 12.7. The summed E-state index contributed by atoms with van der Waals surface area (Å²) in [4.78, 5) is 0.995. The minimum absolute atomic E-state index is 0.0545. The van der Waals surface area contributed by atoms with E-state index < -0.39 is 57.4 Å². The number of rotatable bonds is 6. The van der Waals surface area contributed by atoms with Gasteiger partial charge in [-0.05, 0) is 55.2 Å². The topological polar surface area (TPSA) is 99.0 Å². The fourth-order valence-corrected chi connectivity index (χ4v) is 5.36. The highest BCUT2D eigenvalue weighted by molar-refractivity contribution is 7.89. The second-order valence-electron chi connectivity index (χ2n) is 9.34. The summed E-state index contributed by atoms with van der Waals surface area (Å²) in [5, 5.41) is 15.4. The molecule has 1 N–H and O–H groups in total. The van der Waals surface area contributed by atoms with Crippen LogP contribution in [0.3, 0.4) is 0 Å². The fourth-order valence-electron chi connectivity index (χ4n) is 4.84. The number of fused-ring (bicyclic) bond motifs is 2. The molecule has 2 aliphatic heterocycles. The van der Waals surface area contributed by atoms with Crippen LogP contribution in [-0.2, 0) is 39.4 Å². The van der Waals surface area contributed by atoms with Crippen molar-refractivity contribution in [3.8, 4) is 0 Å². The SMILES string of the molecule is CC12CC(c3nnn(CS(C)(=O)=O)n3)C(CCC1OCc1cc(C(F)(F)F)cc(C(F)(F)F)c1)N2. The highest BCUT2D eigenvalue weighted by Gasteiger charge is 2.52. The van der Waals surface area contributed by atoms with Gasteiger partial charge in [0.25, 0.3) is 0 Å². The normalized spacial score (nSPS) is 27.4. The minimum atomic E-state index is -4.93. The molecule has 1 aromatic heterocycles. The molecule has 35 heavy (non-hydrogen) atoms. The summed E-state index contributed by atoms with van der Waals surface area (Å²) in [7, 11) is -3.36. The van der Waals surface area contributed by atoms with E-state index in [0.717, 1.165) is 11.1 Å². The van der Waals surface area contributed by atoms with Crippen LogP contribution >= 0.6 is 0 Å². The van der Waals surface area contributed by atoms with Crippen molar-refractivity contribution in [3.63, 3.8) is 0 Å². The Morgan fingerprint density at radius 3 is 2.31 bits per heavy atom. The number of nitrogens with one attached hydrogen (secondary N) is 1. The van der Waals surface area contributed by atoms with Crippen LogP contribution in [0.2, 0.25) is 0 Å². The fraction of sp³-hybridized carbons (Fsp3) is 0.650. The van der Waals surface area contributed by atoms with Gasteiger partial charge < -0.3 is 10.1 Å². The van der Waals surface area contributed by atoms with Gasteiger partial charge in [-0.2, -0.15) is 26.3 Å². The molecule has 2 saturated heterocycles. The standard InChI is InChI=1S/C20H23F6N5O3S/c1-18-8-14(17-28-30-31(29-17)10-35(2,32)33)15(27-18)3-4-16(18)34-9-11-5-12(19(21,22)23)7-13(6-11)20(24,25)26/h5-7,14-16,27H,3-4,8-10H2,1-2H3. The van der Waals surface area contributed by atoms with E-state index in [1.807, 2.05) is 6.92 Å². The van der Waals surface area contributed by atoms with Crippen molar-refractivity contribution in [1.82, 2.24) is 25.5 Å². The Labute approximate surface area is 196 Å². The van der Waals surface area contributed by atoms with Gasteiger partial charge in [0.15, 0.2) is 21.5 Å². The molecule has 3 heterocycles. The van der Waals surface area contributed by atoms with Crippen molar-refractivity contribution in [2.45, 2.75) is 74.6 Å². The Bertz CT molecular complexity index is 1170. The molecule has 0 radical (unpaired) electrons. The van der Waals surface area contributed by atoms with E-state index >= 15 is 0 Å². The van der Waals surface area contributed by atoms with Crippen molar-refractivity contribution >= 4 is 9.84 Å². The van der Waals surface area contributed by atoms with Gasteiger partial charge in [0.05, 0.1) is 23.8 Å². The highest BCUT2D eigenvalue weighted by Crippen LogP contribution is 2.45. The molecule has 0 aliphatic carbocycles. The number of hydrogen-bond acceptors (Lipinski definition) is 7. The lowest BCUT2D eigenvalue weighted by atomic mass is 9.88. The number of tetrazole rings is 1. The van der Waals surface area contributed by atoms with Crippen LogP contribution in [0.25, 0.3) is 0 Å². The number of ether oxygens (including phenoxy) is 1. The second kappa shape index (κ2) is 8.69. The Morgan fingerprint density at radius 1 is 1.11 bits per heavy atom. The lowest BCUT2D eigenvalue weighted by molar-refractivity contribution is -0.143. The van der Waals surface area contributed by atoms with Gasteiger partial charge in [0, 0.05) is 23.8 Å². The highest BCUT2D eigenvalue weighted by atomic mass is 32.2. The molecule has 2 bridgehead atoms. The summed E-state index contributed by atoms with van der Waals surface area (Å²) in [5.41, 5.74) is -3.63. The van der Waals surface area contributed by atoms with Gasteiger partial charge in [-0.1, -0.05) is 0 Å². The molecule has 2 fully saturated rings. The molecule has 194 valence electrons. The minimum Gasteiger partial charge on any atom is -0.372 e. The molecule has 0 saturated carbocycles. The zero-order valence-corrected chi connectivity index (χ0v) is 19.5. The number of piperidine rings is 1. The van der Waals surface area contributed by atoms with E-state index in [1.165, 1.54) is 0 Å². The number of halogens is 6. The molecule has 15 heteroatoms. The summed E-state index contributed by atoms with van der Waals surface area (Å²) in [6.07, 6.45) is -7.70. The average molecular weight is 527 g/mol. The summed E-state index contributed by atoms with van der Waals surface area (Å²) in [6.45, 7) is 1.44. The number of aromatic nitrogens is 4. The molecule has 1 aromatic carbocycles. The monoisotopic (exact) mass is 527 g/mol. The van der Waals surface area contributed by atoms with E-state index in [-0.39, 0.29) is 23.6 Å². The summed E-state index contributed by atoms with van der Waals surface area (Å²) < 4.78 is 108. The largest absolute Gasteiger partial charge is 0.416 e. The third kappa shape index (κ3) is 5.77. The number of nitrogens with zero attached hydrogens (tertiary/aromatic N) is 4. The van der Waals surface area contributed by atoms with Crippen LogP contribution in [-0.4, -0.2) is 52.6 Å². The number of benzene rings is 1. The van der Waals surface area contributed by atoms with Gasteiger partial charge >= 0.3 is 12.4 Å². The molecule has 4 rings (SSSR count). The third-order valence-electron chi connectivity index (χ3n) is 6.34. The zero-order chi connectivity index (χ0) is 25.8. The Balaban J connectivity index is 1.48. The maximum Gasteiger partial charge on any atom is 0.416 e. The van der Waals surface area contributed by atoms with E-state index in [0.29, 0.717) is 37.2 Å². The number of alkyl halides is 6. The lowest BCUT2D eigenvalue weighted by Gasteiger charge is -2.39. The summed E-state index contributed by atoms with van der Waals surface area (Å²) in [5.74, 6) is -0.249. The maximum atomic E-state index is 13.1. The zero-order valence-electron chi connectivity index (χ0n) is 18.7. The first-order valence-electron chi connectivity index (χ1n) is 10.7. The molecule has 2 aliphatic rings. The summed E-state index contributed by atoms with van der Waals surface area (Å²) >= 11 is 0. The first kappa shape index (κ1) is 25.8. The predicted octanol–water partition coefficient (Wildman–Crippen LogP) is 3.30. The Morgan fingerprint density at radius 2 is 1.74 bits per heavy atom. The molecule has 4 unspecified atom stereocenters. The van der Waals surface area contributed by atoms with Crippen molar-refractivity contribution < 1.29 is 39.5 Å².